The second-order valence-electron chi connectivity index (χ2n) is 14.7. The Morgan fingerprint density at radius 2 is 1.16 bits per heavy atom. The molecule has 0 aromatic rings. The van der Waals surface area contributed by atoms with Crippen molar-refractivity contribution in [2.24, 2.45) is 0 Å². The molecule has 0 aliphatic carbocycles. The number of allylic oxidation sites excluding steroid dienone is 2. The van der Waals surface area contributed by atoms with E-state index in [1.807, 2.05) is 0 Å². The average molecular weight is 732 g/mol. The minimum absolute atomic E-state index is 0.257. The Morgan fingerprint density at radius 1 is 0.667 bits per heavy atom. The third-order valence-electron chi connectivity index (χ3n) is 10.1. The van der Waals surface area contributed by atoms with E-state index in [4.69, 9.17) is 9.47 Å². The zero-order chi connectivity index (χ0) is 37.7. The third-order valence-corrected chi connectivity index (χ3v) is 10.1. The van der Waals surface area contributed by atoms with Crippen molar-refractivity contribution in [1.82, 2.24) is 5.32 Å². The van der Waals surface area contributed by atoms with Crippen LogP contribution in [0.2, 0.25) is 0 Å². The van der Waals surface area contributed by atoms with E-state index >= 15 is 0 Å². The number of carbonyl (C=O) groups excluding carboxylic acids is 1. The zero-order valence-corrected chi connectivity index (χ0v) is 32.1. The predicted octanol–water partition coefficient (Wildman–Crippen LogP) is 5.33. The molecule has 0 aromatic heterocycles. The standard InChI is InChI=1S/C40H77NO10/c1-3-5-7-9-11-13-15-17-19-21-23-25-27-32(43)35(45)31(30-50-40-38(48)37(47)36(46)34(29-42)51-40)41-39(49)33(44)28-26-24-22-20-18-16-14-12-10-8-6-4-2/h19,21,31-38,40,42-48H,3-18,20,22-30H2,1-2H3,(H,41,49). The summed E-state index contributed by atoms with van der Waals surface area (Å²) in [5.74, 6) is -0.708. The van der Waals surface area contributed by atoms with Gasteiger partial charge >= 0.3 is 0 Å². The van der Waals surface area contributed by atoms with Crippen LogP contribution in [0.15, 0.2) is 12.2 Å². The molecule has 1 aliphatic heterocycles. The number of rotatable bonds is 33. The van der Waals surface area contributed by atoms with Gasteiger partial charge < -0.3 is 50.5 Å². The van der Waals surface area contributed by atoms with E-state index < -0.39 is 74.2 Å². The maximum Gasteiger partial charge on any atom is 0.249 e. The fourth-order valence-electron chi connectivity index (χ4n) is 6.56. The molecule has 1 amide bonds. The van der Waals surface area contributed by atoms with Crippen LogP contribution in [0.5, 0.6) is 0 Å². The molecule has 11 nitrogen and oxygen atoms in total. The Balaban J connectivity index is 2.56. The topological polar surface area (TPSA) is 189 Å². The Bertz CT molecular complexity index is 846. The summed E-state index contributed by atoms with van der Waals surface area (Å²) in [4.78, 5) is 13.0. The fraction of sp³-hybridized carbons (Fsp3) is 0.925. The first-order valence-electron chi connectivity index (χ1n) is 20.6. The lowest BCUT2D eigenvalue weighted by molar-refractivity contribution is -0.303. The molecule has 0 spiro atoms. The Morgan fingerprint density at radius 3 is 1.69 bits per heavy atom. The van der Waals surface area contributed by atoms with Crippen LogP contribution in [0.3, 0.4) is 0 Å². The van der Waals surface area contributed by atoms with Gasteiger partial charge in [-0.05, 0) is 38.5 Å². The highest BCUT2D eigenvalue weighted by molar-refractivity contribution is 5.80. The van der Waals surface area contributed by atoms with Crippen LogP contribution in [0.1, 0.15) is 168 Å². The lowest BCUT2D eigenvalue weighted by Gasteiger charge is -2.40. The van der Waals surface area contributed by atoms with E-state index in [1.165, 1.54) is 89.9 Å². The van der Waals surface area contributed by atoms with Gasteiger partial charge in [-0.15, -0.1) is 0 Å². The molecule has 1 saturated heterocycles. The van der Waals surface area contributed by atoms with E-state index in [0.717, 1.165) is 38.5 Å². The number of amides is 1. The van der Waals surface area contributed by atoms with Crippen LogP contribution in [0, 0.1) is 0 Å². The Kier molecular flexibility index (Phi) is 29.3. The van der Waals surface area contributed by atoms with Crippen molar-refractivity contribution in [3.05, 3.63) is 12.2 Å². The number of hydrogen-bond donors (Lipinski definition) is 8. The molecule has 0 radical (unpaired) electrons. The normalized spacial score (nSPS) is 23.4. The molecule has 302 valence electrons. The fourth-order valence-corrected chi connectivity index (χ4v) is 6.56. The van der Waals surface area contributed by atoms with Crippen LogP contribution in [0.25, 0.3) is 0 Å². The van der Waals surface area contributed by atoms with E-state index in [2.05, 4.69) is 31.3 Å². The summed E-state index contributed by atoms with van der Waals surface area (Å²) >= 11 is 0. The summed E-state index contributed by atoms with van der Waals surface area (Å²) in [6.07, 6.45) is 18.4. The molecular weight excluding hydrogens is 654 g/mol. The summed E-state index contributed by atoms with van der Waals surface area (Å²) in [5.41, 5.74) is 0. The van der Waals surface area contributed by atoms with Crippen LogP contribution in [0.4, 0.5) is 0 Å². The molecule has 1 rings (SSSR count). The van der Waals surface area contributed by atoms with Crippen LogP contribution in [-0.4, -0.2) is 110 Å². The monoisotopic (exact) mass is 732 g/mol. The van der Waals surface area contributed by atoms with Crippen molar-refractivity contribution >= 4 is 5.91 Å². The highest BCUT2D eigenvalue weighted by Crippen LogP contribution is 2.23. The maximum absolute atomic E-state index is 13.0. The number of aliphatic hydroxyl groups excluding tert-OH is 7. The smallest absolute Gasteiger partial charge is 0.249 e. The SMILES string of the molecule is CCCCCCCCCC=CCCCC(O)C(O)C(COC1OC(CO)C(O)C(O)C1O)NC(=O)C(O)CCCCCCCCCCCCCC. The highest BCUT2D eigenvalue weighted by atomic mass is 16.7. The first-order valence-corrected chi connectivity index (χ1v) is 20.6. The molecule has 0 aromatic carbocycles. The zero-order valence-electron chi connectivity index (χ0n) is 32.1. The molecule has 1 heterocycles. The Labute approximate surface area is 309 Å². The first kappa shape index (κ1) is 47.9. The van der Waals surface area contributed by atoms with Crippen LogP contribution >= 0.6 is 0 Å². The number of carbonyl (C=O) groups is 1. The minimum Gasteiger partial charge on any atom is -0.394 e. The van der Waals surface area contributed by atoms with Gasteiger partial charge in [0.05, 0.1) is 25.4 Å². The number of ether oxygens (including phenoxy) is 2. The van der Waals surface area contributed by atoms with Gasteiger partial charge in [-0.2, -0.15) is 0 Å². The molecule has 8 N–H and O–H groups in total. The van der Waals surface area contributed by atoms with E-state index in [0.29, 0.717) is 12.8 Å². The quantitative estimate of drug-likeness (QED) is 0.0324. The van der Waals surface area contributed by atoms with Gasteiger partial charge in [0, 0.05) is 0 Å². The third kappa shape index (κ3) is 22.0. The minimum atomic E-state index is -1.66. The summed E-state index contributed by atoms with van der Waals surface area (Å²) in [6, 6.07) is -1.18. The molecule has 0 bridgehead atoms. The van der Waals surface area contributed by atoms with E-state index in [9.17, 15) is 40.5 Å². The number of aliphatic hydroxyl groups is 7. The average Bonchev–Trinajstić information content (AvgIpc) is 3.13. The van der Waals surface area contributed by atoms with Crippen molar-refractivity contribution in [2.75, 3.05) is 13.2 Å². The second kappa shape index (κ2) is 31.2. The largest absolute Gasteiger partial charge is 0.394 e. The van der Waals surface area contributed by atoms with Crippen molar-refractivity contribution in [3.63, 3.8) is 0 Å². The Hall–Kier alpha value is -1.15. The maximum atomic E-state index is 13.0. The molecule has 9 atom stereocenters. The lowest BCUT2D eigenvalue weighted by atomic mass is 9.98. The molecule has 11 heteroatoms. The first-order chi connectivity index (χ1) is 24.7. The van der Waals surface area contributed by atoms with Gasteiger partial charge in [0.1, 0.15) is 36.6 Å². The summed E-state index contributed by atoms with van der Waals surface area (Å²) < 4.78 is 11.0. The molecule has 51 heavy (non-hydrogen) atoms. The van der Waals surface area contributed by atoms with E-state index in [1.54, 1.807) is 0 Å². The van der Waals surface area contributed by atoms with Crippen LogP contribution < -0.4 is 5.32 Å². The number of hydrogen-bond acceptors (Lipinski definition) is 10. The van der Waals surface area contributed by atoms with E-state index in [-0.39, 0.29) is 12.8 Å². The molecular formula is C40H77NO10. The highest BCUT2D eigenvalue weighted by Gasteiger charge is 2.44. The summed E-state index contributed by atoms with van der Waals surface area (Å²) in [7, 11) is 0. The predicted molar refractivity (Wildman–Crippen MR) is 201 cm³/mol. The summed E-state index contributed by atoms with van der Waals surface area (Å²) in [6.45, 7) is 3.38. The van der Waals surface area contributed by atoms with Gasteiger partial charge in [0.2, 0.25) is 5.91 Å². The van der Waals surface area contributed by atoms with Gasteiger partial charge in [0.15, 0.2) is 6.29 Å². The van der Waals surface area contributed by atoms with Crippen molar-refractivity contribution in [3.8, 4) is 0 Å². The molecule has 0 saturated carbocycles. The number of unbranched alkanes of at least 4 members (excludes halogenated alkanes) is 19. The van der Waals surface area contributed by atoms with Gasteiger partial charge in [-0.3, -0.25) is 4.79 Å². The summed E-state index contributed by atoms with van der Waals surface area (Å²) in [5, 5.41) is 75.2. The number of nitrogens with one attached hydrogen (secondary N) is 1. The van der Waals surface area contributed by atoms with Gasteiger partial charge in [-0.25, -0.2) is 0 Å². The molecule has 9 unspecified atom stereocenters. The van der Waals surface area contributed by atoms with Gasteiger partial charge in [0.25, 0.3) is 0 Å². The van der Waals surface area contributed by atoms with Crippen molar-refractivity contribution < 1.29 is 50.0 Å². The van der Waals surface area contributed by atoms with Crippen molar-refractivity contribution in [2.45, 2.75) is 223 Å². The molecule has 1 fully saturated rings. The lowest BCUT2D eigenvalue weighted by Crippen LogP contribution is -2.60. The van der Waals surface area contributed by atoms with Gasteiger partial charge in [-0.1, -0.05) is 142 Å². The second-order valence-corrected chi connectivity index (χ2v) is 14.7. The molecule has 1 aliphatic rings. The van der Waals surface area contributed by atoms with Crippen molar-refractivity contribution in [1.29, 1.82) is 0 Å². The van der Waals surface area contributed by atoms with Crippen LogP contribution in [-0.2, 0) is 14.3 Å².